The molecule has 1 N–H and O–H groups in total. The summed E-state index contributed by atoms with van der Waals surface area (Å²) in [4.78, 5) is 28.4. The number of rotatable bonds is 4. The minimum absolute atomic E-state index is 0.0906. The van der Waals surface area contributed by atoms with Crippen LogP contribution in [0.1, 0.15) is 27.9 Å². The zero-order valence-corrected chi connectivity index (χ0v) is 11.8. The van der Waals surface area contributed by atoms with Gasteiger partial charge in [0.2, 0.25) is 0 Å². The number of carbonyl (C=O) groups is 1. The second kappa shape index (κ2) is 5.84. The molecule has 0 aliphatic rings. The van der Waals surface area contributed by atoms with E-state index in [9.17, 15) is 9.59 Å². The highest BCUT2D eigenvalue weighted by Crippen LogP contribution is 2.14. The van der Waals surface area contributed by atoms with E-state index in [1.165, 1.54) is 0 Å². The Labute approximate surface area is 115 Å². The van der Waals surface area contributed by atoms with Crippen molar-refractivity contribution in [2.75, 3.05) is 6.54 Å². The predicted molar refractivity (Wildman–Crippen MR) is 76.5 cm³/mol. The first-order valence-electron chi connectivity index (χ1n) is 6.14. The molecule has 5 heteroatoms. The third-order valence-corrected chi connectivity index (χ3v) is 3.88. The molecule has 4 nitrogen and oxygen atoms in total. The monoisotopic (exact) mass is 276 g/mol. The van der Waals surface area contributed by atoms with Crippen LogP contribution in [0.15, 0.2) is 35.1 Å². The van der Waals surface area contributed by atoms with Gasteiger partial charge in [-0.25, -0.2) is 0 Å². The van der Waals surface area contributed by atoms with E-state index in [0.717, 1.165) is 16.9 Å². The number of aromatic nitrogens is 1. The van der Waals surface area contributed by atoms with Crippen molar-refractivity contribution in [3.63, 3.8) is 0 Å². The van der Waals surface area contributed by atoms with Crippen LogP contribution in [0.5, 0.6) is 0 Å². The third-order valence-electron chi connectivity index (χ3n) is 2.90. The van der Waals surface area contributed by atoms with Gasteiger partial charge in [-0.05, 0) is 19.4 Å². The van der Waals surface area contributed by atoms with Gasteiger partial charge in [-0.15, -0.1) is 0 Å². The second-order valence-corrected chi connectivity index (χ2v) is 5.26. The van der Waals surface area contributed by atoms with Gasteiger partial charge < -0.3 is 9.88 Å². The van der Waals surface area contributed by atoms with E-state index < -0.39 is 0 Å². The zero-order valence-electron chi connectivity index (χ0n) is 11.0. The molecule has 0 radical (unpaired) electrons. The second-order valence-electron chi connectivity index (χ2n) is 4.27. The van der Waals surface area contributed by atoms with Crippen molar-refractivity contribution >= 4 is 17.2 Å². The average molecular weight is 276 g/mol. The fourth-order valence-electron chi connectivity index (χ4n) is 1.88. The molecule has 0 fully saturated rings. The molecule has 0 aliphatic heterocycles. The van der Waals surface area contributed by atoms with Crippen LogP contribution in [0.3, 0.4) is 0 Å². The lowest BCUT2D eigenvalue weighted by Crippen LogP contribution is -2.30. The Kier molecular flexibility index (Phi) is 4.16. The van der Waals surface area contributed by atoms with Gasteiger partial charge in [0.05, 0.1) is 0 Å². The van der Waals surface area contributed by atoms with Gasteiger partial charge in [0, 0.05) is 18.8 Å². The van der Waals surface area contributed by atoms with Crippen molar-refractivity contribution in [2.45, 2.75) is 20.4 Å². The molecule has 0 saturated heterocycles. The topological polar surface area (TPSA) is 53.2 Å². The normalized spacial score (nSPS) is 10.4. The highest BCUT2D eigenvalue weighted by Gasteiger charge is 2.19. The Morgan fingerprint density at radius 2 is 2.00 bits per heavy atom. The summed E-state index contributed by atoms with van der Waals surface area (Å²) in [7, 11) is 0. The largest absolute Gasteiger partial charge is 0.334 e. The molecule has 0 unspecified atom stereocenters. The highest BCUT2D eigenvalue weighted by atomic mass is 32.1. The van der Waals surface area contributed by atoms with E-state index in [-0.39, 0.29) is 10.8 Å². The predicted octanol–water partition coefficient (Wildman–Crippen LogP) is 2.41. The minimum Gasteiger partial charge on any atom is -0.334 e. The van der Waals surface area contributed by atoms with Gasteiger partial charge in [-0.1, -0.05) is 41.7 Å². The molecule has 0 saturated carbocycles. The molecular weight excluding hydrogens is 260 g/mol. The molecule has 19 heavy (non-hydrogen) atoms. The fourth-order valence-corrected chi connectivity index (χ4v) is 2.69. The van der Waals surface area contributed by atoms with Crippen LogP contribution in [0.4, 0.5) is 0 Å². The van der Waals surface area contributed by atoms with Gasteiger partial charge in [0.1, 0.15) is 4.88 Å². The number of aryl methyl sites for hydroxylation is 1. The molecule has 1 aromatic carbocycles. The van der Waals surface area contributed by atoms with E-state index in [1.807, 2.05) is 37.3 Å². The molecule has 0 aliphatic carbocycles. The number of amides is 1. The standard InChI is InChI=1S/C14H16N2O2S/c1-3-16(9-11-7-5-4-6-8-11)13(17)12-10(2)15-14(18)19-12/h4-8H,3,9H2,1-2H3,(H,15,18). The minimum atomic E-state index is -0.184. The number of hydrogen-bond acceptors (Lipinski definition) is 3. The van der Waals surface area contributed by atoms with Gasteiger partial charge in [0.25, 0.3) is 5.91 Å². The van der Waals surface area contributed by atoms with E-state index in [1.54, 1.807) is 11.8 Å². The molecular formula is C14H16N2O2S. The molecule has 1 heterocycles. The van der Waals surface area contributed by atoms with Crippen LogP contribution < -0.4 is 4.87 Å². The molecule has 2 rings (SSSR count). The van der Waals surface area contributed by atoms with Gasteiger partial charge in [0.15, 0.2) is 0 Å². The van der Waals surface area contributed by atoms with Gasteiger partial charge >= 0.3 is 4.87 Å². The van der Waals surface area contributed by atoms with Crippen LogP contribution in [-0.2, 0) is 6.54 Å². The zero-order chi connectivity index (χ0) is 13.8. The Balaban J connectivity index is 2.20. The number of benzene rings is 1. The average Bonchev–Trinajstić information content (AvgIpc) is 2.75. The van der Waals surface area contributed by atoms with Crippen molar-refractivity contribution in [1.82, 2.24) is 9.88 Å². The summed E-state index contributed by atoms with van der Waals surface area (Å²) in [5.74, 6) is -0.0906. The Hall–Kier alpha value is -1.88. The van der Waals surface area contributed by atoms with E-state index in [4.69, 9.17) is 0 Å². The van der Waals surface area contributed by atoms with Crippen LogP contribution >= 0.6 is 11.3 Å². The summed E-state index contributed by atoms with van der Waals surface area (Å²) in [6.07, 6.45) is 0. The van der Waals surface area contributed by atoms with Crippen molar-refractivity contribution in [1.29, 1.82) is 0 Å². The van der Waals surface area contributed by atoms with Crippen LogP contribution in [0, 0.1) is 6.92 Å². The summed E-state index contributed by atoms with van der Waals surface area (Å²) in [5, 5.41) is 0. The third kappa shape index (κ3) is 3.12. The number of nitrogens with one attached hydrogen (secondary N) is 1. The van der Waals surface area contributed by atoms with E-state index in [2.05, 4.69) is 4.98 Å². The lowest BCUT2D eigenvalue weighted by atomic mass is 10.2. The molecule has 2 aromatic rings. The first kappa shape index (κ1) is 13.5. The van der Waals surface area contributed by atoms with Crippen LogP contribution in [0.25, 0.3) is 0 Å². The first-order chi connectivity index (χ1) is 9.11. The lowest BCUT2D eigenvalue weighted by Gasteiger charge is -2.20. The highest BCUT2D eigenvalue weighted by molar-refractivity contribution is 7.11. The van der Waals surface area contributed by atoms with Crippen molar-refractivity contribution < 1.29 is 4.79 Å². The summed E-state index contributed by atoms with van der Waals surface area (Å²) >= 11 is 0.974. The van der Waals surface area contributed by atoms with Crippen LogP contribution in [-0.4, -0.2) is 22.3 Å². The van der Waals surface area contributed by atoms with Crippen molar-refractivity contribution in [2.24, 2.45) is 0 Å². The fraction of sp³-hybridized carbons (Fsp3) is 0.286. The van der Waals surface area contributed by atoms with Crippen LogP contribution in [0.2, 0.25) is 0 Å². The van der Waals surface area contributed by atoms with Gasteiger partial charge in [-0.3, -0.25) is 9.59 Å². The molecule has 0 spiro atoms. The summed E-state index contributed by atoms with van der Waals surface area (Å²) in [6, 6.07) is 9.83. The molecule has 1 aromatic heterocycles. The number of hydrogen-bond donors (Lipinski definition) is 1. The maximum atomic E-state index is 12.4. The first-order valence-corrected chi connectivity index (χ1v) is 6.96. The van der Waals surface area contributed by atoms with Gasteiger partial charge in [-0.2, -0.15) is 0 Å². The molecule has 100 valence electrons. The Bertz CT molecular complexity index is 616. The maximum absolute atomic E-state index is 12.4. The number of thiazole rings is 1. The Morgan fingerprint density at radius 1 is 1.32 bits per heavy atom. The van der Waals surface area contributed by atoms with E-state index >= 15 is 0 Å². The Morgan fingerprint density at radius 3 is 2.53 bits per heavy atom. The summed E-state index contributed by atoms with van der Waals surface area (Å²) in [5.41, 5.74) is 1.73. The molecule has 1 amide bonds. The lowest BCUT2D eigenvalue weighted by molar-refractivity contribution is 0.0756. The summed E-state index contributed by atoms with van der Waals surface area (Å²) < 4.78 is 0. The number of H-pyrrole nitrogens is 1. The van der Waals surface area contributed by atoms with Crippen molar-refractivity contribution in [3.05, 3.63) is 56.1 Å². The van der Waals surface area contributed by atoms with E-state index in [0.29, 0.717) is 23.7 Å². The smallest absolute Gasteiger partial charge is 0.305 e. The molecule has 0 atom stereocenters. The summed E-state index contributed by atoms with van der Waals surface area (Å²) in [6.45, 7) is 4.86. The number of aromatic amines is 1. The molecule has 0 bridgehead atoms. The SMILES string of the molecule is CCN(Cc1ccccc1)C(=O)c1sc(=O)[nH]c1C. The van der Waals surface area contributed by atoms with Crippen molar-refractivity contribution in [3.8, 4) is 0 Å². The quantitative estimate of drug-likeness (QED) is 0.932. The number of carbonyl (C=O) groups excluding carboxylic acids is 1. The number of nitrogens with zero attached hydrogens (tertiary/aromatic N) is 1. The maximum Gasteiger partial charge on any atom is 0.305 e.